The number of hydrogen-bond donors (Lipinski definition) is 1. The van der Waals surface area contributed by atoms with E-state index in [1.54, 1.807) is 68.4 Å². The van der Waals surface area contributed by atoms with Gasteiger partial charge in [-0.15, -0.1) is 0 Å². The molecule has 2 aromatic carbocycles. The van der Waals surface area contributed by atoms with Gasteiger partial charge in [0.15, 0.2) is 11.6 Å². The van der Waals surface area contributed by atoms with Gasteiger partial charge >= 0.3 is 42.7 Å². The molecular weight excluding hydrogens is 1250 g/mol. The molecule has 4 aromatic rings. The number of para-hydroxylation sites is 4. The van der Waals surface area contributed by atoms with Crippen LogP contribution in [-0.4, -0.2) is 155 Å². The fraction of sp³-hybridized carbons (Fsp3) is 0.657. The number of benzene rings is 2. The van der Waals surface area contributed by atoms with Crippen molar-refractivity contribution in [3.05, 3.63) is 59.9 Å². The molecule has 2 aliphatic carbocycles. The number of hydrogen-bond acceptors (Lipinski definition) is 18. The first kappa shape index (κ1) is 76.5. The molecular formula is C70H91F4LiN6O15. The molecule has 10 rings (SSSR count). The molecule has 6 aliphatic rings. The van der Waals surface area contributed by atoms with Crippen molar-refractivity contribution < 1.29 is 109 Å². The topological polar surface area (TPSA) is 291 Å². The summed E-state index contributed by atoms with van der Waals surface area (Å²) in [5.41, 5.74) is -0.804. The molecule has 6 fully saturated rings. The van der Waals surface area contributed by atoms with Gasteiger partial charge in [-0.2, -0.15) is 0 Å². The number of ketones is 2. The maximum Gasteiger partial charge on any atom is 1.00 e. The van der Waals surface area contributed by atoms with Gasteiger partial charge in [-0.25, -0.2) is 37.5 Å². The van der Waals surface area contributed by atoms with Crippen LogP contribution >= 0.6 is 0 Å². The largest absolute Gasteiger partial charge is 1.00 e. The number of Topliss-reactive ketones (excluding diaryl/α,β-unsaturated/α-hetero) is 2. The maximum atomic E-state index is 15.1. The minimum Gasteiger partial charge on any atom is -0.870 e. The van der Waals surface area contributed by atoms with Crippen LogP contribution in [0.15, 0.2) is 48.5 Å². The van der Waals surface area contributed by atoms with E-state index in [0.717, 1.165) is 0 Å². The number of carboxylic acids is 1. The first-order chi connectivity index (χ1) is 44.2. The zero-order valence-corrected chi connectivity index (χ0v) is 56.9. The Kier molecular flexibility index (Phi) is 24.7. The van der Waals surface area contributed by atoms with Crippen molar-refractivity contribution in [2.24, 2.45) is 34.5 Å². The van der Waals surface area contributed by atoms with E-state index in [9.17, 15) is 52.2 Å². The van der Waals surface area contributed by atoms with Gasteiger partial charge in [0.1, 0.15) is 34.8 Å². The summed E-state index contributed by atoms with van der Waals surface area (Å²) in [6.45, 7) is 15.6. The number of rotatable bonds is 11. The number of aliphatic carboxylic acids is 1. The molecule has 21 nitrogen and oxygen atoms in total. The Morgan fingerprint density at radius 3 is 1.33 bits per heavy atom. The molecule has 26 heteroatoms. The number of nitrogens with zero attached hydrogens (tertiary/aromatic N) is 6. The number of halogens is 4. The fourth-order valence-corrected chi connectivity index (χ4v) is 14.2. The van der Waals surface area contributed by atoms with E-state index in [0.29, 0.717) is 59.1 Å². The van der Waals surface area contributed by atoms with E-state index in [2.05, 4.69) is 19.9 Å². The third kappa shape index (κ3) is 19.1. The van der Waals surface area contributed by atoms with Crippen LogP contribution in [0.4, 0.5) is 17.6 Å². The number of fused-ring (bicyclic) bond motifs is 6. The Bertz CT molecular complexity index is 3510. The van der Waals surface area contributed by atoms with Crippen LogP contribution in [0.3, 0.4) is 0 Å². The number of amides is 2. The Morgan fingerprint density at radius 1 is 0.573 bits per heavy atom. The molecule has 0 unspecified atom stereocenters. The van der Waals surface area contributed by atoms with E-state index >= 15 is 8.78 Å². The van der Waals surface area contributed by atoms with Crippen LogP contribution in [0.2, 0.25) is 0 Å². The third-order valence-corrected chi connectivity index (χ3v) is 19.0. The van der Waals surface area contributed by atoms with Gasteiger partial charge in [-0.1, -0.05) is 49.9 Å². The van der Waals surface area contributed by atoms with Crippen LogP contribution in [0.25, 0.3) is 22.1 Å². The van der Waals surface area contributed by atoms with Gasteiger partial charge in [-0.05, 0) is 137 Å². The van der Waals surface area contributed by atoms with Crippen LogP contribution in [0.5, 0.6) is 11.8 Å². The van der Waals surface area contributed by atoms with Crippen molar-refractivity contribution >= 4 is 69.3 Å². The number of carbonyl (C=O) groups is 8. The minimum absolute atomic E-state index is 0. The number of ether oxygens (including phenoxy) is 5. The molecule has 0 spiro atoms. The molecule has 4 saturated heterocycles. The molecule has 6 heterocycles. The van der Waals surface area contributed by atoms with Gasteiger partial charge in [0.2, 0.25) is 35.4 Å². The third-order valence-electron chi connectivity index (χ3n) is 19.0. The van der Waals surface area contributed by atoms with Gasteiger partial charge in [0, 0.05) is 63.2 Å². The zero-order valence-electron chi connectivity index (χ0n) is 56.9. The summed E-state index contributed by atoms with van der Waals surface area (Å²) in [6, 6.07) is 12.6. The zero-order chi connectivity index (χ0) is 68.3. The van der Waals surface area contributed by atoms with Gasteiger partial charge in [0.25, 0.3) is 0 Å². The average Bonchev–Trinajstić information content (AvgIpc) is 1.58. The fourth-order valence-electron chi connectivity index (χ4n) is 14.2. The van der Waals surface area contributed by atoms with Crippen LogP contribution < -0.4 is 28.3 Å². The maximum absolute atomic E-state index is 15.1. The van der Waals surface area contributed by atoms with E-state index in [4.69, 9.17) is 23.7 Å². The summed E-state index contributed by atoms with van der Waals surface area (Å²) >= 11 is 0. The van der Waals surface area contributed by atoms with Crippen LogP contribution in [0, 0.1) is 48.3 Å². The van der Waals surface area contributed by atoms with Crippen LogP contribution in [-0.2, 0) is 52.6 Å². The monoisotopic (exact) mass is 1340 g/mol. The van der Waals surface area contributed by atoms with Crippen molar-refractivity contribution in [1.29, 1.82) is 0 Å². The predicted molar refractivity (Wildman–Crippen MR) is 337 cm³/mol. The van der Waals surface area contributed by atoms with Gasteiger partial charge in [-0.3, -0.25) is 38.4 Å². The van der Waals surface area contributed by atoms with Crippen LogP contribution in [0.1, 0.15) is 188 Å². The van der Waals surface area contributed by atoms with E-state index in [1.165, 1.54) is 9.80 Å². The normalized spacial score (nSPS) is 27.9. The Labute approximate surface area is 569 Å². The van der Waals surface area contributed by atoms with Gasteiger partial charge < -0.3 is 44.1 Å². The molecule has 96 heavy (non-hydrogen) atoms. The Balaban J connectivity index is 0.000000266. The summed E-state index contributed by atoms with van der Waals surface area (Å²) in [4.78, 5) is 129. The quantitative estimate of drug-likeness (QED) is 0.0635. The van der Waals surface area contributed by atoms with Crippen molar-refractivity contribution in [2.45, 2.75) is 238 Å². The Morgan fingerprint density at radius 2 is 0.948 bits per heavy atom. The molecule has 2 N–H and O–H groups in total. The van der Waals surface area contributed by atoms with Crippen molar-refractivity contribution in [3.63, 3.8) is 0 Å². The number of alkyl halides is 4. The summed E-state index contributed by atoms with van der Waals surface area (Å²) in [5.74, 6) is -13.6. The molecule has 520 valence electrons. The average molecular weight is 1340 g/mol. The number of carboxylic acid groups (broad SMARTS) is 1. The second-order valence-electron chi connectivity index (χ2n) is 28.9. The number of esters is 3. The number of carbonyl (C=O) groups excluding carboxylic acids is 7. The number of aromatic nitrogens is 4. The molecule has 2 saturated carbocycles. The van der Waals surface area contributed by atoms with Crippen molar-refractivity contribution in [2.75, 3.05) is 19.7 Å². The van der Waals surface area contributed by atoms with E-state index < -0.39 is 155 Å². The second kappa shape index (κ2) is 30.9. The van der Waals surface area contributed by atoms with E-state index in [-0.39, 0.29) is 133 Å². The molecule has 0 bridgehead atoms. The molecule has 2 amide bonds. The minimum atomic E-state index is -3.06. The standard InChI is InChI=1S/C36H47F2N3O7.C34H43F2N3O7.Li.H2O/c1-6-46-33(45)35-18-24(35)19-36(37,38)15-11-7-8-12-23(16-30(43)48-34(3,4)5)32(44)41-21-25(17-28(41)29(42)20-35)47-31-22(2)39-26-13-9-10-14-27(26)40-31;1-20-29(38-25-12-8-7-11-24(25)37-20)45-23-15-26-27(40)18-33(31(43)44)16-22(33)17-34(35,36)13-9-5-6-10-21(30(42)39(26)19-23)14-28(41)46-32(2,3)4;;/h9-10,13-14,23-25,28H,6-8,11-12,15-21H2,1-5H3;7-8,11-12,21-23,26H,5-6,9-10,13-19H2,1-4H3,(H,43,44);;1H2/q;;+1;/p-1/t23-,24+,25-,28+,35-;21-,22+,23-,26+,33-;;/m11../s1. The molecule has 10 atom stereocenters. The second-order valence-corrected chi connectivity index (χ2v) is 28.9. The van der Waals surface area contributed by atoms with Crippen molar-refractivity contribution in [1.82, 2.24) is 29.7 Å². The predicted octanol–water partition coefficient (Wildman–Crippen LogP) is 8.65. The van der Waals surface area contributed by atoms with E-state index in [1.807, 2.05) is 42.5 Å². The first-order valence-corrected chi connectivity index (χ1v) is 33.2. The summed E-state index contributed by atoms with van der Waals surface area (Å²) in [6.07, 6.45) is -1.42. The van der Waals surface area contributed by atoms with Gasteiger partial charge in [0.05, 0.1) is 77.5 Å². The summed E-state index contributed by atoms with van der Waals surface area (Å²) in [7, 11) is 0. The molecule has 2 aromatic heterocycles. The smallest absolute Gasteiger partial charge is 0.870 e. The SMILES string of the molecule is CCOC(=O)[C@]12CC(=O)[C@@H]3C[C@@H](Oc4nc5ccccc5nc4C)CN3C(=O)[C@@H](CC(=O)OC(C)(C)C)CCCCCC(F)(F)C[C@@H]1C2.Cc1nc2ccccc2nc1O[C@@H]1C[C@H]2C(=O)C[C@]3(C(=O)O)C[C@H]3CC(F)(F)CCCCC[C@H](CC(=O)OC(C)(C)C)C(=O)N2C1.[Li+].[OH-]. The number of aryl methyl sites for hydroxylation is 2. The molecule has 4 aliphatic heterocycles. The van der Waals surface area contributed by atoms with Crippen molar-refractivity contribution in [3.8, 4) is 11.8 Å². The first-order valence-electron chi connectivity index (χ1n) is 33.2. The Hall–Kier alpha value is -6.84. The summed E-state index contributed by atoms with van der Waals surface area (Å²) in [5, 5.41) is 10.1. The summed E-state index contributed by atoms with van der Waals surface area (Å²) < 4.78 is 89.0. The molecule has 0 radical (unpaired) electrons.